The van der Waals surface area contributed by atoms with Crippen LogP contribution in [-0.4, -0.2) is 32.1 Å². The summed E-state index contributed by atoms with van der Waals surface area (Å²) in [6.07, 6.45) is 0.529. The van der Waals surface area contributed by atoms with E-state index in [1.807, 2.05) is 0 Å². The van der Waals surface area contributed by atoms with Crippen molar-refractivity contribution in [2.75, 3.05) is 13.4 Å². The van der Waals surface area contributed by atoms with Crippen molar-refractivity contribution in [2.24, 2.45) is 0 Å². The van der Waals surface area contributed by atoms with Gasteiger partial charge in [-0.1, -0.05) is 19.1 Å². The van der Waals surface area contributed by atoms with Crippen LogP contribution in [0.1, 0.15) is 25.0 Å². The summed E-state index contributed by atoms with van der Waals surface area (Å²) in [6.45, 7) is 1.75. The average molecular weight is 258 g/mol. The van der Waals surface area contributed by atoms with E-state index in [1.165, 1.54) is 0 Å². The van der Waals surface area contributed by atoms with Crippen LogP contribution in [0.25, 0.3) is 0 Å². The zero-order valence-corrected chi connectivity index (χ0v) is 11.1. The summed E-state index contributed by atoms with van der Waals surface area (Å²) in [5, 5.41) is 9.29. The van der Waals surface area contributed by atoms with Gasteiger partial charge >= 0.3 is 0 Å². The Balaban J connectivity index is 2.98. The van der Waals surface area contributed by atoms with Gasteiger partial charge < -0.3 is 9.84 Å². The van der Waals surface area contributed by atoms with Crippen molar-refractivity contribution in [3.63, 3.8) is 0 Å². The van der Waals surface area contributed by atoms with Gasteiger partial charge in [0, 0.05) is 6.26 Å². The van der Waals surface area contributed by atoms with E-state index >= 15 is 0 Å². The molecule has 1 N–H and O–H groups in total. The SMILES string of the molecule is CCC(C(O)c1ccc(OC)cc1)S(C)(=O)=O. The van der Waals surface area contributed by atoms with Gasteiger partial charge in [0.25, 0.3) is 0 Å². The molecule has 0 spiro atoms. The maximum atomic E-state index is 11.5. The second-order valence-electron chi connectivity index (χ2n) is 3.99. The standard InChI is InChI=1S/C12H18O4S/c1-4-11(17(3,14)15)12(13)9-5-7-10(16-2)8-6-9/h5-8,11-13H,4H2,1-3H3. The number of aliphatic hydroxyl groups excluding tert-OH is 1. The fourth-order valence-electron chi connectivity index (χ4n) is 1.78. The fourth-order valence-corrected chi connectivity index (χ4v) is 3.01. The van der Waals surface area contributed by atoms with Gasteiger partial charge in [0.2, 0.25) is 0 Å². The Morgan fingerprint density at radius 3 is 2.18 bits per heavy atom. The highest BCUT2D eigenvalue weighted by Crippen LogP contribution is 2.25. The highest BCUT2D eigenvalue weighted by atomic mass is 32.2. The van der Waals surface area contributed by atoms with Crippen LogP contribution in [0, 0.1) is 0 Å². The second-order valence-corrected chi connectivity index (χ2v) is 6.26. The van der Waals surface area contributed by atoms with Gasteiger partial charge in [-0.2, -0.15) is 0 Å². The van der Waals surface area contributed by atoms with Crippen LogP contribution in [0.2, 0.25) is 0 Å². The number of hydrogen-bond donors (Lipinski definition) is 1. The zero-order valence-electron chi connectivity index (χ0n) is 10.3. The lowest BCUT2D eigenvalue weighted by Gasteiger charge is -2.20. The van der Waals surface area contributed by atoms with E-state index in [0.717, 1.165) is 6.26 Å². The van der Waals surface area contributed by atoms with E-state index in [9.17, 15) is 13.5 Å². The molecule has 2 unspecified atom stereocenters. The number of aliphatic hydroxyl groups is 1. The number of benzene rings is 1. The van der Waals surface area contributed by atoms with Gasteiger partial charge in [-0.15, -0.1) is 0 Å². The summed E-state index contributed by atoms with van der Waals surface area (Å²) in [7, 11) is -1.71. The molecule has 1 aromatic carbocycles. The minimum atomic E-state index is -3.26. The van der Waals surface area contributed by atoms with E-state index in [2.05, 4.69) is 0 Å². The number of hydrogen-bond acceptors (Lipinski definition) is 4. The molecule has 1 aromatic rings. The molecule has 0 radical (unpaired) electrons. The summed E-state index contributed by atoms with van der Waals surface area (Å²) in [4.78, 5) is 0. The van der Waals surface area contributed by atoms with Crippen LogP contribution in [-0.2, 0) is 9.84 Å². The van der Waals surface area contributed by atoms with E-state index in [1.54, 1.807) is 38.3 Å². The zero-order chi connectivity index (χ0) is 13.1. The molecule has 96 valence electrons. The molecule has 17 heavy (non-hydrogen) atoms. The first kappa shape index (κ1) is 14.0. The Hall–Kier alpha value is -1.07. The largest absolute Gasteiger partial charge is 0.497 e. The molecule has 0 amide bonds. The summed E-state index contributed by atoms with van der Waals surface area (Å²) in [5.41, 5.74) is 0.586. The van der Waals surface area contributed by atoms with Crippen molar-refractivity contribution >= 4 is 9.84 Å². The molecule has 4 nitrogen and oxygen atoms in total. The van der Waals surface area contributed by atoms with Gasteiger partial charge in [0.05, 0.1) is 18.5 Å². The fraction of sp³-hybridized carbons (Fsp3) is 0.500. The first-order valence-electron chi connectivity index (χ1n) is 5.41. The maximum Gasteiger partial charge on any atom is 0.153 e. The van der Waals surface area contributed by atoms with Crippen LogP contribution in [0.3, 0.4) is 0 Å². The summed E-state index contributed by atoms with van der Waals surface area (Å²) >= 11 is 0. The average Bonchev–Trinajstić information content (AvgIpc) is 2.28. The number of rotatable bonds is 5. The Kier molecular flexibility index (Phi) is 4.54. The molecule has 0 aromatic heterocycles. The van der Waals surface area contributed by atoms with Gasteiger partial charge in [0.15, 0.2) is 9.84 Å². The Labute approximate surface area is 102 Å². The van der Waals surface area contributed by atoms with Gasteiger partial charge in [-0.25, -0.2) is 8.42 Å². The predicted octanol–water partition coefficient (Wildman–Crippen LogP) is 1.55. The molecule has 0 aliphatic heterocycles. The van der Waals surface area contributed by atoms with Crippen LogP contribution >= 0.6 is 0 Å². The van der Waals surface area contributed by atoms with Crippen LogP contribution in [0.5, 0.6) is 5.75 Å². The molecular weight excluding hydrogens is 240 g/mol. The number of ether oxygens (including phenoxy) is 1. The Morgan fingerprint density at radius 2 is 1.82 bits per heavy atom. The lowest BCUT2D eigenvalue weighted by molar-refractivity contribution is 0.169. The van der Waals surface area contributed by atoms with Crippen molar-refractivity contribution in [3.8, 4) is 5.75 Å². The van der Waals surface area contributed by atoms with Crippen molar-refractivity contribution in [2.45, 2.75) is 24.7 Å². The molecular formula is C12H18O4S. The van der Waals surface area contributed by atoms with E-state index < -0.39 is 21.2 Å². The van der Waals surface area contributed by atoms with Crippen molar-refractivity contribution in [1.82, 2.24) is 0 Å². The third-order valence-corrected chi connectivity index (χ3v) is 4.45. The molecule has 0 aliphatic carbocycles. The maximum absolute atomic E-state index is 11.5. The monoisotopic (exact) mass is 258 g/mol. The minimum Gasteiger partial charge on any atom is -0.497 e. The van der Waals surface area contributed by atoms with Crippen molar-refractivity contribution in [1.29, 1.82) is 0 Å². The lowest BCUT2D eigenvalue weighted by Crippen LogP contribution is -2.26. The summed E-state index contributed by atoms with van der Waals surface area (Å²) in [5.74, 6) is 0.674. The Morgan fingerprint density at radius 1 is 1.29 bits per heavy atom. The normalized spacial score (nSPS) is 15.3. The van der Waals surface area contributed by atoms with Crippen molar-refractivity contribution in [3.05, 3.63) is 29.8 Å². The molecule has 0 fully saturated rings. The minimum absolute atomic E-state index is 0.381. The highest BCUT2D eigenvalue weighted by molar-refractivity contribution is 7.91. The van der Waals surface area contributed by atoms with Crippen LogP contribution in [0.15, 0.2) is 24.3 Å². The summed E-state index contributed by atoms with van der Waals surface area (Å²) in [6, 6.07) is 6.76. The topological polar surface area (TPSA) is 63.6 Å². The Bertz CT molecular complexity index is 450. The second kappa shape index (κ2) is 5.51. The van der Waals surface area contributed by atoms with Crippen molar-refractivity contribution < 1.29 is 18.3 Å². The predicted molar refractivity (Wildman–Crippen MR) is 66.9 cm³/mol. The molecule has 5 heteroatoms. The number of methoxy groups -OCH3 is 1. The van der Waals surface area contributed by atoms with Crippen LogP contribution in [0.4, 0.5) is 0 Å². The molecule has 0 saturated carbocycles. The smallest absolute Gasteiger partial charge is 0.153 e. The molecule has 1 rings (SSSR count). The molecule has 0 heterocycles. The number of sulfone groups is 1. The van der Waals surface area contributed by atoms with Gasteiger partial charge in [0.1, 0.15) is 5.75 Å². The van der Waals surface area contributed by atoms with Gasteiger partial charge in [-0.3, -0.25) is 0 Å². The molecule has 0 bridgehead atoms. The molecule has 0 saturated heterocycles. The van der Waals surface area contributed by atoms with E-state index in [-0.39, 0.29) is 0 Å². The highest BCUT2D eigenvalue weighted by Gasteiger charge is 2.28. The molecule has 2 atom stereocenters. The first-order valence-corrected chi connectivity index (χ1v) is 7.36. The van der Waals surface area contributed by atoms with E-state index in [4.69, 9.17) is 4.74 Å². The third kappa shape index (κ3) is 3.44. The lowest BCUT2D eigenvalue weighted by atomic mass is 10.0. The third-order valence-electron chi connectivity index (χ3n) is 2.76. The quantitative estimate of drug-likeness (QED) is 0.870. The first-order chi connectivity index (χ1) is 7.90. The van der Waals surface area contributed by atoms with Gasteiger partial charge in [-0.05, 0) is 24.1 Å². The molecule has 0 aliphatic rings. The van der Waals surface area contributed by atoms with E-state index in [0.29, 0.717) is 17.7 Å². The van der Waals surface area contributed by atoms with Crippen LogP contribution < -0.4 is 4.74 Å². The summed E-state index contributed by atoms with van der Waals surface area (Å²) < 4.78 is 28.0.